The predicted octanol–water partition coefficient (Wildman–Crippen LogP) is 0.160. The Morgan fingerprint density at radius 1 is 1.00 bits per heavy atom. The van der Waals surface area contributed by atoms with Crippen molar-refractivity contribution < 1.29 is 0 Å². The predicted molar refractivity (Wildman–Crippen MR) is 21.1 cm³/mol. The fourth-order valence-electron chi connectivity index (χ4n) is 0.125. The molecule has 0 bridgehead atoms. The van der Waals surface area contributed by atoms with E-state index in [0.717, 1.165) is 0 Å². The van der Waals surface area contributed by atoms with E-state index >= 15 is 0 Å². The largest absolute Gasteiger partial charge is 0.0668 e. The van der Waals surface area contributed by atoms with E-state index in [-0.39, 0.29) is 0 Å². The van der Waals surface area contributed by atoms with E-state index in [1.807, 2.05) is 0 Å². The van der Waals surface area contributed by atoms with Crippen molar-refractivity contribution in [2.75, 3.05) is 0 Å². The van der Waals surface area contributed by atoms with E-state index in [2.05, 4.69) is 0 Å². The van der Waals surface area contributed by atoms with Gasteiger partial charge in [0, 0.05) is 18.1 Å². The summed E-state index contributed by atoms with van der Waals surface area (Å²) < 4.78 is 0. The maximum atomic E-state index is 1.54. The molecule has 1 heterocycles. The van der Waals surface area contributed by atoms with Gasteiger partial charge in [-0.05, 0) is 0 Å². The van der Waals surface area contributed by atoms with E-state index in [0.29, 0.717) is 0 Å². The average molecular weight is 84.2 g/mol. The molecule has 0 amide bonds. The Labute approximate surface area is 31.0 Å². The summed E-state index contributed by atoms with van der Waals surface area (Å²) in [7, 11) is 2.70. The Kier molecular flexibility index (Phi) is 0.688. The van der Waals surface area contributed by atoms with Crippen LogP contribution in [0.25, 0.3) is 0 Å². The standard InChI is InChI=1S/C2H4Si2/c1-2-4-3-1/h1-2H2. The van der Waals surface area contributed by atoms with Gasteiger partial charge < -0.3 is 0 Å². The number of rotatable bonds is 0. The molecule has 1 saturated heterocycles. The Hall–Kier alpha value is 0.434. The van der Waals surface area contributed by atoms with E-state index < -0.39 is 0 Å². The molecular formula is C2H4Si2. The summed E-state index contributed by atoms with van der Waals surface area (Å²) in [4.78, 5) is 0. The van der Waals surface area contributed by atoms with Gasteiger partial charge in [-0.15, -0.1) is 0 Å². The van der Waals surface area contributed by atoms with Crippen LogP contribution < -0.4 is 0 Å². The molecule has 0 aromatic rings. The second-order valence-corrected chi connectivity index (χ2v) is 4.68. The summed E-state index contributed by atoms with van der Waals surface area (Å²) in [5.74, 6) is 0. The molecule has 1 aliphatic heterocycles. The molecule has 1 rings (SSSR count). The second-order valence-electron chi connectivity index (χ2n) is 0.854. The first-order valence-corrected chi connectivity index (χ1v) is 4.87. The summed E-state index contributed by atoms with van der Waals surface area (Å²) in [6, 6.07) is 3.08. The lowest BCUT2D eigenvalue weighted by molar-refractivity contribution is 1.40. The summed E-state index contributed by atoms with van der Waals surface area (Å²) in [5, 5.41) is 0. The summed E-state index contributed by atoms with van der Waals surface area (Å²) in [5.41, 5.74) is 0. The van der Waals surface area contributed by atoms with Gasteiger partial charge in [0.15, 0.2) is 0 Å². The second kappa shape index (κ2) is 1.03. The third kappa shape index (κ3) is 0.255. The van der Waals surface area contributed by atoms with Gasteiger partial charge in [0.1, 0.15) is 0 Å². The average Bonchev–Trinajstić information content (AvgIpc) is 0.722. The van der Waals surface area contributed by atoms with Gasteiger partial charge >= 0.3 is 0 Å². The lowest BCUT2D eigenvalue weighted by Gasteiger charge is -2.02. The first-order chi connectivity index (χ1) is 2.00. The van der Waals surface area contributed by atoms with E-state index in [1.165, 1.54) is 18.1 Å². The van der Waals surface area contributed by atoms with Gasteiger partial charge in [0.05, 0.1) is 0 Å². The van der Waals surface area contributed by atoms with Crippen molar-refractivity contribution >= 4 is 18.1 Å². The molecule has 0 unspecified atom stereocenters. The molecule has 1 aliphatic rings. The van der Waals surface area contributed by atoms with Crippen LogP contribution >= 0.6 is 0 Å². The molecule has 0 N–H and O–H groups in total. The van der Waals surface area contributed by atoms with Crippen molar-refractivity contribution in [3.05, 3.63) is 0 Å². The van der Waals surface area contributed by atoms with Crippen LogP contribution in [0.5, 0.6) is 0 Å². The third-order valence-electron chi connectivity index (χ3n) is 0.500. The van der Waals surface area contributed by atoms with Crippen LogP contribution in [-0.4, -0.2) is 18.1 Å². The molecule has 4 heavy (non-hydrogen) atoms. The highest BCUT2D eigenvalue weighted by molar-refractivity contribution is 7.05. The molecule has 0 aromatic heterocycles. The molecular weight excluding hydrogens is 80.2 g/mol. The van der Waals surface area contributed by atoms with Crippen molar-refractivity contribution in [3.63, 3.8) is 0 Å². The molecule has 0 aliphatic carbocycles. The van der Waals surface area contributed by atoms with Crippen LogP contribution in [0.1, 0.15) is 0 Å². The highest BCUT2D eigenvalue weighted by Gasteiger charge is 1.98. The molecule has 0 atom stereocenters. The van der Waals surface area contributed by atoms with Crippen LogP contribution in [0.2, 0.25) is 12.1 Å². The molecule has 0 aromatic carbocycles. The molecule has 0 nitrogen and oxygen atoms in total. The van der Waals surface area contributed by atoms with Crippen LogP contribution in [-0.2, 0) is 0 Å². The molecule has 0 saturated carbocycles. The zero-order valence-corrected chi connectivity index (χ0v) is 4.41. The quantitative estimate of drug-likeness (QED) is 0.367. The van der Waals surface area contributed by atoms with Crippen molar-refractivity contribution in [1.29, 1.82) is 0 Å². The smallest absolute Gasteiger partial charge is 0.0218 e. The molecule has 2 heteroatoms. The first-order valence-electron chi connectivity index (χ1n) is 1.46. The van der Waals surface area contributed by atoms with Gasteiger partial charge in [-0.3, -0.25) is 0 Å². The monoisotopic (exact) mass is 84.0 g/mol. The first kappa shape index (κ1) is 2.66. The third-order valence-corrected chi connectivity index (χ3v) is 4.50. The minimum atomic E-state index is 1.35. The van der Waals surface area contributed by atoms with E-state index in [9.17, 15) is 0 Å². The Bertz CT molecular complexity index is 12.0. The molecule has 20 valence electrons. The van der Waals surface area contributed by atoms with Gasteiger partial charge in [-0.1, -0.05) is 12.1 Å². The minimum Gasteiger partial charge on any atom is -0.0668 e. The Morgan fingerprint density at radius 2 is 1.25 bits per heavy atom. The van der Waals surface area contributed by atoms with Crippen LogP contribution in [0, 0.1) is 0 Å². The number of hydrogen-bond donors (Lipinski definition) is 0. The maximum Gasteiger partial charge on any atom is 0.0218 e. The fourth-order valence-corrected chi connectivity index (χ4v) is 1.12. The van der Waals surface area contributed by atoms with Gasteiger partial charge in [-0.25, -0.2) is 0 Å². The highest BCUT2D eigenvalue weighted by Crippen LogP contribution is 1.96. The Morgan fingerprint density at radius 3 is 1.25 bits per heavy atom. The Balaban J connectivity index is 2.00. The fraction of sp³-hybridized carbons (Fsp3) is 1.00. The van der Waals surface area contributed by atoms with Gasteiger partial charge in [-0.2, -0.15) is 0 Å². The van der Waals surface area contributed by atoms with E-state index in [4.69, 9.17) is 0 Å². The lowest BCUT2D eigenvalue weighted by atomic mass is 10.9. The summed E-state index contributed by atoms with van der Waals surface area (Å²) >= 11 is 0. The topological polar surface area (TPSA) is 0 Å². The minimum absolute atomic E-state index is 1.35. The maximum absolute atomic E-state index is 1.54. The van der Waals surface area contributed by atoms with Crippen LogP contribution in [0.3, 0.4) is 0 Å². The van der Waals surface area contributed by atoms with E-state index in [1.54, 1.807) is 12.1 Å². The van der Waals surface area contributed by atoms with Crippen molar-refractivity contribution in [3.8, 4) is 0 Å². The SMILES string of the molecule is C1C[Si][Si]1. The van der Waals surface area contributed by atoms with Gasteiger partial charge in [0.25, 0.3) is 0 Å². The van der Waals surface area contributed by atoms with Crippen LogP contribution in [0.4, 0.5) is 0 Å². The van der Waals surface area contributed by atoms with Crippen LogP contribution in [0.15, 0.2) is 0 Å². The summed E-state index contributed by atoms with van der Waals surface area (Å²) in [6.45, 7) is 0. The molecule has 1 fully saturated rings. The van der Waals surface area contributed by atoms with Crippen molar-refractivity contribution in [2.24, 2.45) is 0 Å². The van der Waals surface area contributed by atoms with Gasteiger partial charge in [0.2, 0.25) is 0 Å². The normalized spacial score (nSPS) is 24.0. The van der Waals surface area contributed by atoms with Crippen molar-refractivity contribution in [2.45, 2.75) is 12.1 Å². The molecule has 0 spiro atoms. The zero-order chi connectivity index (χ0) is 2.83. The van der Waals surface area contributed by atoms with Crippen molar-refractivity contribution in [1.82, 2.24) is 0 Å². The lowest BCUT2D eigenvalue weighted by Crippen LogP contribution is -2.13. The zero-order valence-electron chi connectivity index (χ0n) is 2.41. The highest BCUT2D eigenvalue weighted by atomic mass is 29.1. The number of hydrogen-bond acceptors (Lipinski definition) is 0. The molecule has 4 radical (unpaired) electrons. The summed E-state index contributed by atoms with van der Waals surface area (Å²) in [6.07, 6.45) is 0.